The number of anilines is 1. The van der Waals surface area contributed by atoms with Gasteiger partial charge in [0.05, 0.1) is 19.5 Å². The molecule has 2 rings (SSSR count). The van der Waals surface area contributed by atoms with Gasteiger partial charge in [-0.05, 0) is 31.4 Å². The van der Waals surface area contributed by atoms with E-state index in [2.05, 4.69) is 16.9 Å². The van der Waals surface area contributed by atoms with Gasteiger partial charge in [0.25, 0.3) is 5.91 Å². The Labute approximate surface area is 147 Å². The van der Waals surface area contributed by atoms with Crippen LogP contribution in [0, 0.1) is 6.92 Å². The number of amides is 1. The lowest BCUT2D eigenvalue weighted by molar-refractivity contribution is 0.0995. The van der Waals surface area contributed by atoms with Gasteiger partial charge in [-0.1, -0.05) is 19.8 Å². The van der Waals surface area contributed by atoms with Crippen LogP contribution in [-0.4, -0.2) is 23.0 Å². The number of methoxy groups -OCH3 is 1. The molecule has 0 bridgehead atoms. The number of nitrogens with zero attached hydrogens (tertiary/aromatic N) is 2. The highest BCUT2D eigenvalue weighted by molar-refractivity contribution is 5.90. The van der Waals surface area contributed by atoms with Crippen LogP contribution in [0.4, 0.5) is 5.69 Å². The second-order valence-corrected chi connectivity index (χ2v) is 5.78. The number of nitrogens with two attached hydrogens (primary N) is 2. The SMILES string of the molecule is CCCCCc1c(N)c(C)cc(Oc2cnc(C(N)=O)cn2)c1OC. The van der Waals surface area contributed by atoms with Gasteiger partial charge in [0.1, 0.15) is 5.69 Å². The first-order chi connectivity index (χ1) is 12.0. The summed E-state index contributed by atoms with van der Waals surface area (Å²) in [4.78, 5) is 19.0. The highest BCUT2D eigenvalue weighted by Gasteiger charge is 2.17. The van der Waals surface area contributed by atoms with Crippen LogP contribution in [0.2, 0.25) is 0 Å². The summed E-state index contributed by atoms with van der Waals surface area (Å²) in [7, 11) is 1.59. The molecular weight excluding hydrogens is 320 g/mol. The van der Waals surface area contributed by atoms with Gasteiger partial charge in [-0.15, -0.1) is 0 Å². The van der Waals surface area contributed by atoms with E-state index >= 15 is 0 Å². The number of carbonyl (C=O) groups is 1. The van der Waals surface area contributed by atoms with Crippen molar-refractivity contribution in [1.29, 1.82) is 0 Å². The number of aryl methyl sites for hydroxylation is 1. The predicted molar refractivity (Wildman–Crippen MR) is 96.0 cm³/mol. The fourth-order valence-corrected chi connectivity index (χ4v) is 2.56. The van der Waals surface area contributed by atoms with E-state index in [1.165, 1.54) is 12.4 Å². The molecule has 0 radical (unpaired) electrons. The summed E-state index contributed by atoms with van der Waals surface area (Å²) in [6.07, 6.45) is 6.70. The fourth-order valence-electron chi connectivity index (χ4n) is 2.56. The molecule has 0 atom stereocenters. The maximum Gasteiger partial charge on any atom is 0.268 e. The maximum absolute atomic E-state index is 11.1. The van der Waals surface area contributed by atoms with Gasteiger partial charge in [-0.25, -0.2) is 9.97 Å². The first-order valence-corrected chi connectivity index (χ1v) is 8.23. The van der Waals surface area contributed by atoms with Gasteiger partial charge >= 0.3 is 0 Å². The number of nitrogen functional groups attached to an aromatic ring is 1. The molecule has 25 heavy (non-hydrogen) atoms. The molecule has 1 amide bonds. The lowest BCUT2D eigenvalue weighted by Crippen LogP contribution is -2.13. The van der Waals surface area contributed by atoms with Crippen molar-refractivity contribution in [2.45, 2.75) is 39.5 Å². The van der Waals surface area contributed by atoms with Crippen molar-refractivity contribution in [3.63, 3.8) is 0 Å². The third-order valence-electron chi connectivity index (χ3n) is 3.93. The van der Waals surface area contributed by atoms with Crippen LogP contribution >= 0.6 is 0 Å². The summed E-state index contributed by atoms with van der Waals surface area (Å²) >= 11 is 0. The first kappa shape index (κ1) is 18.5. The summed E-state index contributed by atoms with van der Waals surface area (Å²) in [5.74, 6) is 0.715. The molecule has 1 aromatic carbocycles. The van der Waals surface area contributed by atoms with E-state index in [1.807, 2.05) is 6.92 Å². The molecule has 0 saturated carbocycles. The Hall–Kier alpha value is -2.83. The summed E-state index contributed by atoms with van der Waals surface area (Å²) in [6, 6.07) is 1.81. The third kappa shape index (κ3) is 4.37. The molecule has 7 heteroatoms. The maximum atomic E-state index is 11.1. The number of primary amides is 1. The van der Waals surface area contributed by atoms with Crippen molar-refractivity contribution in [3.8, 4) is 17.4 Å². The van der Waals surface area contributed by atoms with E-state index in [1.54, 1.807) is 13.2 Å². The number of carbonyl (C=O) groups excluding carboxylic acids is 1. The number of hydrogen-bond acceptors (Lipinski definition) is 6. The van der Waals surface area contributed by atoms with Crippen LogP contribution in [0.5, 0.6) is 17.4 Å². The molecule has 0 spiro atoms. The standard InChI is InChI=1S/C18H24N4O3/c1-4-5-6-7-12-16(19)11(2)8-14(17(12)24-3)25-15-10-21-13(9-22-15)18(20)23/h8-10H,4-7,19H2,1-3H3,(H2,20,23). The lowest BCUT2D eigenvalue weighted by Gasteiger charge is -2.18. The number of unbranched alkanes of at least 4 members (excludes halogenated alkanes) is 2. The van der Waals surface area contributed by atoms with Crippen molar-refractivity contribution >= 4 is 11.6 Å². The summed E-state index contributed by atoms with van der Waals surface area (Å²) in [6.45, 7) is 4.08. The molecular formula is C18H24N4O3. The topological polar surface area (TPSA) is 113 Å². The Morgan fingerprint density at radius 2 is 2.00 bits per heavy atom. The molecule has 7 nitrogen and oxygen atoms in total. The minimum absolute atomic E-state index is 0.0769. The normalized spacial score (nSPS) is 10.5. The van der Waals surface area contributed by atoms with Crippen molar-refractivity contribution in [2.75, 3.05) is 12.8 Å². The molecule has 1 aromatic heterocycles. The van der Waals surface area contributed by atoms with Crippen molar-refractivity contribution in [2.24, 2.45) is 5.73 Å². The van der Waals surface area contributed by atoms with Crippen LogP contribution in [0.25, 0.3) is 0 Å². The fraction of sp³-hybridized carbons (Fsp3) is 0.389. The van der Waals surface area contributed by atoms with E-state index in [4.69, 9.17) is 20.9 Å². The highest BCUT2D eigenvalue weighted by atomic mass is 16.5. The summed E-state index contributed by atoms with van der Waals surface area (Å²) in [5, 5.41) is 0. The Morgan fingerprint density at radius 3 is 2.56 bits per heavy atom. The van der Waals surface area contributed by atoms with Gasteiger partial charge in [-0.3, -0.25) is 4.79 Å². The number of aromatic nitrogens is 2. The zero-order chi connectivity index (χ0) is 18.4. The minimum Gasteiger partial charge on any atom is -0.492 e. The van der Waals surface area contributed by atoms with E-state index in [0.717, 1.165) is 42.5 Å². The van der Waals surface area contributed by atoms with E-state index in [0.29, 0.717) is 11.5 Å². The smallest absolute Gasteiger partial charge is 0.268 e. The quantitative estimate of drug-likeness (QED) is 0.562. The minimum atomic E-state index is -0.641. The van der Waals surface area contributed by atoms with Crippen molar-refractivity contribution in [1.82, 2.24) is 9.97 Å². The average Bonchev–Trinajstić information content (AvgIpc) is 2.59. The van der Waals surface area contributed by atoms with E-state index in [-0.39, 0.29) is 11.6 Å². The lowest BCUT2D eigenvalue weighted by atomic mass is 10.0. The molecule has 134 valence electrons. The van der Waals surface area contributed by atoms with E-state index < -0.39 is 5.91 Å². The number of rotatable bonds is 8. The summed E-state index contributed by atoms with van der Waals surface area (Å²) < 4.78 is 11.4. The Balaban J connectivity index is 2.34. The average molecular weight is 344 g/mol. The molecule has 2 aromatic rings. The van der Waals surface area contributed by atoms with Crippen molar-refractivity contribution in [3.05, 3.63) is 35.3 Å². The van der Waals surface area contributed by atoms with Crippen LogP contribution in [-0.2, 0) is 6.42 Å². The second-order valence-electron chi connectivity index (χ2n) is 5.78. The Kier molecular flexibility index (Phi) is 6.16. The number of benzene rings is 1. The second kappa shape index (κ2) is 8.32. The Morgan fingerprint density at radius 1 is 1.24 bits per heavy atom. The molecule has 0 aliphatic heterocycles. The molecule has 0 fully saturated rings. The van der Waals surface area contributed by atoms with Gasteiger partial charge in [0.2, 0.25) is 5.88 Å². The molecule has 0 aliphatic carbocycles. The number of hydrogen-bond donors (Lipinski definition) is 2. The van der Waals surface area contributed by atoms with Gasteiger partial charge < -0.3 is 20.9 Å². The molecule has 1 heterocycles. The van der Waals surface area contributed by atoms with E-state index in [9.17, 15) is 4.79 Å². The van der Waals surface area contributed by atoms with Crippen molar-refractivity contribution < 1.29 is 14.3 Å². The largest absolute Gasteiger partial charge is 0.492 e. The monoisotopic (exact) mass is 344 g/mol. The third-order valence-corrected chi connectivity index (χ3v) is 3.93. The Bertz CT molecular complexity index is 745. The molecule has 0 unspecified atom stereocenters. The number of ether oxygens (including phenoxy) is 2. The van der Waals surface area contributed by atoms with Crippen LogP contribution < -0.4 is 20.9 Å². The zero-order valence-corrected chi connectivity index (χ0v) is 14.8. The predicted octanol–water partition coefficient (Wildman–Crippen LogP) is 3.00. The molecule has 0 saturated heterocycles. The van der Waals surface area contributed by atoms with Gasteiger partial charge in [0.15, 0.2) is 11.5 Å². The summed E-state index contributed by atoms with van der Waals surface area (Å²) in [5.41, 5.74) is 14.0. The van der Waals surface area contributed by atoms with Gasteiger partial charge in [0, 0.05) is 11.3 Å². The van der Waals surface area contributed by atoms with Crippen LogP contribution in [0.1, 0.15) is 47.8 Å². The first-order valence-electron chi connectivity index (χ1n) is 8.23. The molecule has 0 aliphatic rings. The van der Waals surface area contributed by atoms with Gasteiger partial charge in [-0.2, -0.15) is 0 Å². The molecule has 4 N–H and O–H groups in total. The van der Waals surface area contributed by atoms with Crippen LogP contribution in [0.15, 0.2) is 18.5 Å². The highest BCUT2D eigenvalue weighted by Crippen LogP contribution is 2.40. The zero-order valence-electron chi connectivity index (χ0n) is 14.8. The van der Waals surface area contributed by atoms with Crippen LogP contribution in [0.3, 0.4) is 0 Å².